The van der Waals surface area contributed by atoms with E-state index in [1.807, 2.05) is 18.2 Å². The van der Waals surface area contributed by atoms with E-state index in [2.05, 4.69) is 18.3 Å². The zero-order valence-corrected chi connectivity index (χ0v) is 11.1. The molecule has 96 valence electrons. The molecule has 3 nitrogen and oxygen atoms in total. The quantitative estimate of drug-likeness (QED) is 0.837. The molecule has 1 N–H and O–H groups in total. The van der Waals surface area contributed by atoms with Crippen LogP contribution < -0.4 is 10.1 Å². The predicted molar refractivity (Wildman–Crippen MR) is 71.4 cm³/mol. The molecule has 0 spiro atoms. The van der Waals surface area contributed by atoms with Crippen LogP contribution in [0.25, 0.3) is 0 Å². The SMILES string of the molecule is COc1cc(CNC(C)CC2CC2)ccc1C#N. The van der Waals surface area contributed by atoms with Crippen molar-refractivity contribution in [3.8, 4) is 11.8 Å². The average molecular weight is 244 g/mol. The van der Waals surface area contributed by atoms with Crippen molar-refractivity contribution in [2.45, 2.75) is 38.8 Å². The third kappa shape index (κ3) is 3.48. The summed E-state index contributed by atoms with van der Waals surface area (Å²) in [5.41, 5.74) is 1.75. The van der Waals surface area contributed by atoms with Gasteiger partial charge in [0.25, 0.3) is 0 Å². The van der Waals surface area contributed by atoms with E-state index in [0.29, 0.717) is 17.4 Å². The van der Waals surface area contributed by atoms with Gasteiger partial charge in [0.05, 0.1) is 12.7 Å². The molecular weight excluding hydrogens is 224 g/mol. The number of hydrogen-bond acceptors (Lipinski definition) is 3. The van der Waals surface area contributed by atoms with E-state index >= 15 is 0 Å². The van der Waals surface area contributed by atoms with Gasteiger partial charge >= 0.3 is 0 Å². The minimum atomic E-state index is 0.555. The van der Waals surface area contributed by atoms with Crippen LogP contribution in [0.15, 0.2) is 18.2 Å². The first-order valence-corrected chi connectivity index (χ1v) is 6.53. The topological polar surface area (TPSA) is 45.0 Å². The standard InChI is InChI=1S/C15H20N2O/c1-11(7-12-3-4-12)17-10-13-5-6-14(9-16)15(8-13)18-2/h5-6,8,11-12,17H,3-4,7,10H2,1-2H3. The molecule has 1 aromatic carbocycles. The van der Waals surface area contributed by atoms with Gasteiger partial charge in [0.2, 0.25) is 0 Å². The van der Waals surface area contributed by atoms with E-state index in [1.54, 1.807) is 7.11 Å². The lowest BCUT2D eigenvalue weighted by Crippen LogP contribution is -2.25. The molecule has 0 bridgehead atoms. The van der Waals surface area contributed by atoms with Crippen LogP contribution >= 0.6 is 0 Å². The Morgan fingerprint density at radius 1 is 1.50 bits per heavy atom. The molecule has 3 heteroatoms. The third-order valence-electron chi connectivity index (χ3n) is 3.42. The Bertz CT molecular complexity index is 446. The second-order valence-corrected chi connectivity index (χ2v) is 5.11. The van der Waals surface area contributed by atoms with E-state index in [-0.39, 0.29) is 0 Å². The van der Waals surface area contributed by atoms with Crippen LogP contribution in [0.1, 0.15) is 37.3 Å². The first kappa shape index (κ1) is 12.9. The fraction of sp³-hybridized carbons (Fsp3) is 0.533. The number of nitriles is 1. The van der Waals surface area contributed by atoms with Crippen molar-refractivity contribution in [1.29, 1.82) is 5.26 Å². The normalized spacial score (nSPS) is 16.1. The Kier molecular flexibility index (Phi) is 4.22. The number of methoxy groups -OCH3 is 1. The van der Waals surface area contributed by atoms with E-state index < -0.39 is 0 Å². The van der Waals surface area contributed by atoms with Crippen LogP contribution in [-0.4, -0.2) is 13.2 Å². The molecule has 0 saturated heterocycles. The van der Waals surface area contributed by atoms with Crippen molar-refractivity contribution in [2.24, 2.45) is 5.92 Å². The summed E-state index contributed by atoms with van der Waals surface area (Å²) in [6, 6.07) is 8.43. The summed E-state index contributed by atoms with van der Waals surface area (Å²) in [5.74, 6) is 1.61. The zero-order chi connectivity index (χ0) is 13.0. The van der Waals surface area contributed by atoms with Gasteiger partial charge < -0.3 is 10.1 Å². The Morgan fingerprint density at radius 2 is 2.28 bits per heavy atom. The summed E-state index contributed by atoms with van der Waals surface area (Å²) < 4.78 is 5.21. The van der Waals surface area contributed by atoms with E-state index in [9.17, 15) is 0 Å². The maximum atomic E-state index is 8.92. The van der Waals surface area contributed by atoms with Gasteiger partial charge in [-0.1, -0.05) is 18.9 Å². The van der Waals surface area contributed by atoms with Crippen LogP contribution in [0.5, 0.6) is 5.75 Å². The highest BCUT2D eigenvalue weighted by Gasteiger charge is 2.23. The first-order valence-electron chi connectivity index (χ1n) is 6.53. The molecule has 1 unspecified atom stereocenters. The highest BCUT2D eigenvalue weighted by Crippen LogP contribution is 2.33. The fourth-order valence-electron chi connectivity index (χ4n) is 2.17. The molecular formula is C15H20N2O. The van der Waals surface area contributed by atoms with Gasteiger partial charge in [0.15, 0.2) is 0 Å². The van der Waals surface area contributed by atoms with Crippen molar-refractivity contribution in [3.63, 3.8) is 0 Å². The van der Waals surface area contributed by atoms with Crippen LogP contribution in [-0.2, 0) is 6.54 Å². The monoisotopic (exact) mass is 244 g/mol. The van der Waals surface area contributed by atoms with Crippen molar-refractivity contribution >= 4 is 0 Å². The second-order valence-electron chi connectivity index (χ2n) is 5.11. The molecule has 18 heavy (non-hydrogen) atoms. The molecule has 0 aliphatic heterocycles. The fourth-order valence-corrected chi connectivity index (χ4v) is 2.17. The number of rotatable bonds is 6. The maximum absolute atomic E-state index is 8.92. The Balaban J connectivity index is 1.90. The predicted octanol–water partition coefficient (Wildman–Crippen LogP) is 2.85. The van der Waals surface area contributed by atoms with Gasteiger partial charge in [0.1, 0.15) is 11.8 Å². The van der Waals surface area contributed by atoms with Gasteiger partial charge in [0, 0.05) is 12.6 Å². The smallest absolute Gasteiger partial charge is 0.136 e. The van der Waals surface area contributed by atoms with Crippen molar-refractivity contribution < 1.29 is 4.74 Å². The first-order chi connectivity index (χ1) is 8.72. The van der Waals surface area contributed by atoms with Gasteiger partial charge in [-0.3, -0.25) is 0 Å². The van der Waals surface area contributed by atoms with Gasteiger partial charge in [-0.2, -0.15) is 5.26 Å². The molecule has 1 atom stereocenters. The average Bonchev–Trinajstić information content (AvgIpc) is 3.19. The molecule has 0 radical (unpaired) electrons. The lowest BCUT2D eigenvalue weighted by atomic mass is 10.1. The lowest BCUT2D eigenvalue weighted by molar-refractivity contribution is 0.412. The van der Waals surface area contributed by atoms with E-state index in [1.165, 1.54) is 19.3 Å². The van der Waals surface area contributed by atoms with E-state index in [0.717, 1.165) is 18.0 Å². The molecule has 0 amide bonds. The number of nitrogens with one attached hydrogen (secondary N) is 1. The van der Waals surface area contributed by atoms with Gasteiger partial charge in [-0.15, -0.1) is 0 Å². The lowest BCUT2D eigenvalue weighted by Gasteiger charge is -2.14. The molecule has 1 saturated carbocycles. The number of nitrogens with zero attached hydrogens (tertiary/aromatic N) is 1. The van der Waals surface area contributed by atoms with Crippen LogP contribution in [0.3, 0.4) is 0 Å². The highest BCUT2D eigenvalue weighted by molar-refractivity contribution is 5.45. The molecule has 2 rings (SSSR count). The summed E-state index contributed by atoms with van der Waals surface area (Å²) in [6.45, 7) is 3.06. The number of ether oxygens (including phenoxy) is 1. The van der Waals surface area contributed by atoms with Crippen LogP contribution in [0.2, 0.25) is 0 Å². The molecule has 1 aromatic rings. The Hall–Kier alpha value is -1.53. The molecule has 0 aromatic heterocycles. The maximum Gasteiger partial charge on any atom is 0.136 e. The van der Waals surface area contributed by atoms with Crippen molar-refractivity contribution in [3.05, 3.63) is 29.3 Å². The minimum Gasteiger partial charge on any atom is -0.495 e. The molecule has 0 heterocycles. The number of hydrogen-bond donors (Lipinski definition) is 1. The van der Waals surface area contributed by atoms with Gasteiger partial charge in [-0.05, 0) is 37.0 Å². The molecule has 1 aliphatic carbocycles. The summed E-state index contributed by atoms with van der Waals surface area (Å²) in [6.07, 6.45) is 4.07. The third-order valence-corrected chi connectivity index (χ3v) is 3.42. The Morgan fingerprint density at radius 3 is 2.89 bits per heavy atom. The van der Waals surface area contributed by atoms with Crippen LogP contribution in [0, 0.1) is 17.2 Å². The van der Waals surface area contributed by atoms with Crippen LogP contribution in [0.4, 0.5) is 0 Å². The summed E-state index contributed by atoms with van der Waals surface area (Å²) in [4.78, 5) is 0. The highest BCUT2D eigenvalue weighted by atomic mass is 16.5. The molecule has 1 aliphatic rings. The summed E-state index contributed by atoms with van der Waals surface area (Å²) >= 11 is 0. The van der Waals surface area contributed by atoms with Crippen molar-refractivity contribution in [2.75, 3.05) is 7.11 Å². The van der Waals surface area contributed by atoms with Crippen molar-refractivity contribution in [1.82, 2.24) is 5.32 Å². The van der Waals surface area contributed by atoms with E-state index in [4.69, 9.17) is 10.00 Å². The molecule has 1 fully saturated rings. The summed E-state index contributed by atoms with van der Waals surface area (Å²) in [7, 11) is 1.60. The Labute approximate surface area is 109 Å². The second kappa shape index (κ2) is 5.88. The largest absolute Gasteiger partial charge is 0.495 e. The summed E-state index contributed by atoms with van der Waals surface area (Å²) in [5, 5.41) is 12.4. The zero-order valence-electron chi connectivity index (χ0n) is 11.1. The number of benzene rings is 1. The van der Waals surface area contributed by atoms with Gasteiger partial charge in [-0.25, -0.2) is 0 Å². The minimum absolute atomic E-state index is 0.555.